The van der Waals surface area contributed by atoms with Gasteiger partial charge in [-0.15, -0.1) is 0 Å². The largest absolute Gasteiger partial charge is 0.436 e. The van der Waals surface area contributed by atoms with E-state index in [2.05, 4.69) is 0 Å². The molecule has 0 heterocycles. The molecule has 12 nitrogen and oxygen atoms in total. The number of esters is 2. The molecule has 0 amide bonds. The van der Waals surface area contributed by atoms with E-state index in [1.165, 1.54) is 38.1 Å². The summed E-state index contributed by atoms with van der Waals surface area (Å²) < 4.78 is 55.5. The van der Waals surface area contributed by atoms with Gasteiger partial charge in [0.1, 0.15) is 0 Å². The molecular weight excluding hydrogens is 512 g/mol. The summed E-state index contributed by atoms with van der Waals surface area (Å²) in [6.45, 7) is 2.81. The summed E-state index contributed by atoms with van der Waals surface area (Å²) >= 11 is 0. The highest BCUT2D eigenvalue weighted by molar-refractivity contribution is 7.89. The molecule has 36 heavy (non-hydrogen) atoms. The molecule has 2 aromatic carbocycles. The molecule has 0 saturated heterocycles. The molecule has 2 rings (SSSR count). The minimum atomic E-state index is -3.81. The Hall–Kier alpha value is -2.88. The molecule has 0 saturated carbocycles. The quantitative estimate of drug-likeness (QED) is 0.178. The number of nitrogens with two attached hydrogens (primary N) is 4. The summed E-state index contributed by atoms with van der Waals surface area (Å²) in [6.07, 6.45) is 0.877. The second-order valence-electron chi connectivity index (χ2n) is 8.78. The molecule has 0 aliphatic carbocycles. The first-order valence-corrected chi connectivity index (χ1v) is 13.7. The van der Waals surface area contributed by atoms with Crippen LogP contribution in [0.15, 0.2) is 58.3 Å². The number of hydrogen-bond acceptors (Lipinski definition) is 10. The van der Waals surface area contributed by atoms with Crippen LogP contribution in [0.2, 0.25) is 0 Å². The lowest BCUT2D eigenvalue weighted by Gasteiger charge is -2.27. The molecule has 2 unspecified atom stereocenters. The first kappa shape index (κ1) is 29.4. The molecule has 14 heteroatoms. The molecule has 0 aromatic heterocycles. The Morgan fingerprint density at radius 2 is 0.944 bits per heavy atom. The Bertz CT molecular complexity index is 1200. The lowest BCUT2D eigenvalue weighted by Crippen LogP contribution is -2.47. The lowest BCUT2D eigenvalue weighted by atomic mass is 10.0. The maximum atomic E-state index is 12.2. The number of carbonyl (C=O) groups excluding carboxylic acids is 2. The Labute approximate surface area is 210 Å². The zero-order valence-electron chi connectivity index (χ0n) is 19.8. The smallest absolute Gasteiger partial charge is 0.419 e. The summed E-state index contributed by atoms with van der Waals surface area (Å²) in [7, 11) is -7.63. The fraction of sp³-hybridized carbons (Fsp3) is 0.364. The topological polar surface area (TPSA) is 225 Å². The predicted octanol–water partition coefficient (Wildman–Crippen LogP) is -0.0170. The fourth-order valence-corrected chi connectivity index (χ4v) is 4.12. The van der Waals surface area contributed by atoms with Gasteiger partial charge in [-0.25, -0.2) is 36.7 Å². The SMILES string of the molecule is CC(N)(CCc1ccc(S(N)(=O)=O)cc1)OC(=O)C(=O)OC(C)(N)CCc1ccc(S(N)(=O)=O)cc1. The van der Waals surface area contributed by atoms with Crippen molar-refractivity contribution in [3.8, 4) is 0 Å². The third kappa shape index (κ3) is 9.29. The van der Waals surface area contributed by atoms with Gasteiger partial charge in [-0.3, -0.25) is 11.5 Å². The van der Waals surface area contributed by atoms with Gasteiger partial charge in [0.2, 0.25) is 20.0 Å². The summed E-state index contributed by atoms with van der Waals surface area (Å²) in [4.78, 5) is 24.4. The summed E-state index contributed by atoms with van der Waals surface area (Å²) in [6, 6.07) is 11.6. The molecule has 2 aromatic rings. The van der Waals surface area contributed by atoms with Crippen molar-refractivity contribution >= 4 is 32.0 Å². The summed E-state index contributed by atoms with van der Waals surface area (Å²) in [5.41, 5.74) is 10.4. The highest BCUT2D eigenvalue weighted by Crippen LogP contribution is 2.18. The van der Waals surface area contributed by atoms with Crippen molar-refractivity contribution < 1.29 is 35.9 Å². The third-order valence-corrected chi connectivity index (χ3v) is 7.00. The lowest BCUT2D eigenvalue weighted by molar-refractivity contribution is -0.184. The molecule has 0 fully saturated rings. The second kappa shape index (κ2) is 11.0. The Morgan fingerprint density at radius 3 is 1.19 bits per heavy atom. The zero-order valence-corrected chi connectivity index (χ0v) is 21.5. The standard InChI is InChI=1S/C22H30N4O8S2/c1-21(23,13-11-15-3-7-17(8-4-15)35(25,29)30)33-19(27)20(28)34-22(2,24)14-12-16-5-9-18(10-6-16)36(26,31)32/h3-10H,11-14,23-24H2,1-2H3,(H2,25,29,30)(H2,26,31,32). The number of ether oxygens (including phenoxy) is 2. The van der Waals surface area contributed by atoms with E-state index in [0.29, 0.717) is 24.0 Å². The molecule has 0 aliphatic heterocycles. The van der Waals surface area contributed by atoms with E-state index in [-0.39, 0.29) is 22.6 Å². The van der Waals surface area contributed by atoms with Gasteiger partial charge in [-0.1, -0.05) is 24.3 Å². The van der Waals surface area contributed by atoms with Crippen LogP contribution in [-0.4, -0.2) is 40.2 Å². The molecule has 2 atom stereocenters. The van der Waals surface area contributed by atoms with Crippen molar-refractivity contribution in [2.75, 3.05) is 0 Å². The number of benzene rings is 2. The van der Waals surface area contributed by atoms with E-state index in [9.17, 15) is 26.4 Å². The normalized spacial score (nSPS) is 15.4. The number of primary sulfonamides is 2. The van der Waals surface area contributed by atoms with Crippen LogP contribution in [0.1, 0.15) is 37.8 Å². The van der Waals surface area contributed by atoms with Gasteiger partial charge in [-0.2, -0.15) is 0 Å². The van der Waals surface area contributed by atoms with Gasteiger partial charge in [0.15, 0.2) is 11.4 Å². The minimum absolute atomic E-state index is 0.0405. The maximum absolute atomic E-state index is 12.2. The zero-order chi connectivity index (χ0) is 27.4. The van der Waals surface area contributed by atoms with E-state index in [1.807, 2.05) is 0 Å². The number of hydrogen-bond donors (Lipinski definition) is 4. The first-order chi connectivity index (χ1) is 16.4. The second-order valence-corrected chi connectivity index (χ2v) is 11.9. The van der Waals surface area contributed by atoms with Crippen molar-refractivity contribution in [2.24, 2.45) is 21.7 Å². The Morgan fingerprint density at radius 1 is 0.667 bits per heavy atom. The monoisotopic (exact) mass is 542 g/mol. The van der Waals surface area contributed by atoms with E-state index in [0.717, 1.165) is 0 Å². The molecule has 0 spiro atoms. The predicted molar refractivity (Wildman–Crippen MR) is 130 cm³/mol. The van der Waals surface area contributed by atoms with Gasteiger partial charge in [0.05, 0.1) is 9.79 Å². The van der Waals surface area contributed by atoms with Crippen LogP contribution < -0.4 is 21.7 Å². The Kier molecular flexibility index (Phi) is 8.99. The van der Waals surface area contributed by atoms with E-state index in [4.69, 9.17) is 31.2 Å². The van der Waals surface area contributed by atoms with Crippen LogP contribution in [-0.2, 0) is 52.0 Å². The van der Waals surface area contributed by atoms with Crippen molar-refractivity contribution in [1.82, 2.24) is 0 Å². The third-order valence-electron chi connectivity index (χ3n) is 5.14. The number of carbonyl (C=O) groups is 2. The van der Waals surface area contributed by atoms with Gasteiger partial charge in [0, 0.05) is 12.8 Å². The van der Waals surface area contributed by atoms with E-state index < -0.39 is 43.4 Å². The summed E-state index contributed by atoms with van der Waals surface area (Å²) in [5.74, 6) is -2.64. The van der Waals surface area contributed by atoms with Crippen LogP contribution in [0.25, 0.3) is 0 Å². The van der Waals surface area contributed by atoms with Crippen LogP contribution in [0.5, 0.6) is 0 Å². The van der Waals surface area contributed by atoms with Gasteiger partial charge >= 0.3 is 11.9 Å². The fourth-order valence-electron chi connectivity index (χ4n) is 3.09. The van der Waals surface area contributed by atoms with Crippen molar-refractivity contribution in [3.05, 3.63) is 59.7 Å². The van der Waals surface area contributed by atoms with Crippen molar-refractivity contribution in [2.45, 2.75) is 60.8 Å². The van der Waals surface area contributed by atoms with E-state index in [1.54, 1.807) is 24.3 Å². The molecular formula is C22H30N4O8S2. The van der Waals surface area contributed by atoms with Crippen LogP contribution in [0.4, 0.5) is 0 Å². The Balaban J connectivity index is 1.87. The van der Waals surface area contributed by atoms with Crippen LogP contribution >= 0.6 is 0 Å². The molecule has 8 N–H and O–H groups in total. The average Bonchev–Trinajstić information content (AvgIpc) is 2.75. The van der Waals surface area contributed by atoms with Gasteiger partial charge < -0.3 is 9.47 Å². The number of aryl methyl sites for hydroxylation is 2. The van der Waals surface area contributed by atoms with Crippen molar-refractivity contribution in [3.63, 3.8) is 0 Å². The highest BCUT2D eigenvalue weighted by Gasteiger charge is 2.33. The number of sulfonamides is 2. The van der Waals surface area contributed by atoms with Gasteiger partial charge in [0.25, 0.3) is 0 Å². The minimum Gasteiger partial charge on any atom is -0.436 e. The van der Waals surface area contributed by atoms with Crippen LogP contribution in [0, 0.1) is 0 Å². The molecule has 0 aliphatic rings. The number of rotatable bonds is 10. The van der Waals surface area contributed by atoms with E-state index >= 15 is 0 Å². The molecule has 0 bridgehead atoms. The van der Waals surface area contributed by atoms with Crippen molar-refractivity contribution in [1.29, 1.82) is 0 Å². The highest BCUT2D eigenvalue weighted by atomic mass is 32.2. The summed E-state index contributed by atoms with van der Waals surface area (Å²) in [5, 5.41) is 10.1. The first-order valence-electron chi connectivity index (χ1n) is 10.7. The average molecular weight is 543 g/mol. The molecule has 198 valence electrons. The van der Waals surface area contributed by atoms with Crippen LogP contribution in [0.3, 0.4) is 0 Å². The maximum Gasteiger partial charge on any atom is 0.419 e. The van der Waals surface area contributed by atoms with Gasteiger partial charge in [-0.05, 0) is 62.1 Å². The molecule has 0 radical (unpaired) electrons.